The number of nitrogens with zero attached hydrogens (tertiary/aromatic N) is 6. The molecule has 0 amide bonds. The van der Waals surface area contributed by atoms with Crippen LogP contribution in [-0.4, -0.2) is 24.5 Å². The topological polar surface area (TPSA) is 80.3 Å². The van der Waals surface area contributed by atoms with Gasteiger partial charge in [0, 0.05) is 44.2 Å². The first-order valence-corrected chi connectivity index (χ1v) is 25.2. The highest BCUT2D eigenvalue weighted by molar-refractivity contribution is 6.13. The zero-order chi connectivity index (χ0) is 54.6. The van der Waals surface area contributed by atoms with Crippen molar-refractivity contribution in [3.63, 3.8) is 0 Å². The van der Waals surface area contributed by atoms with Crippen molar-refractivity contribution in [2.24, 2.45) is 0 Å². The Hall–Kier alpha value is -9.99. The third kappa shape index (κ3) is 9.57. The fraction of sp³-hybridized carbons (Fsp3) is 0.0597. The minimum Gasteiger partial charge on any atom is -0.308 e. The number of aromatic nitrogens is 5. The second-order valence-corrected chi connectivity index (χ2v) is 19.3. The number of benzene rings is 9. The number of fused-ring (bicyclic) bond motifs is 3. The van der Waals surface area contributed by atoms with Gasteiger partial charge in [-0.1, -0.05) is 157 Å². The molecule has 12 heteroatoms. The molecule has 0 radical (unpaired) electrons. The van der Waals surface area contributed by atoms with Gasteiger partial charge in [0.1, 0.15) is 0 Å². The van der Waals surface area contributed by atoms with Crippen LogP contribution in [0.25, 0.3) is 118 Å². The monoisotopic (exact) mass is 1040 g/mol. The Kier molecular flexibility index (Phi) is 12.5. The second-order valence-electron chi connectivity index (χ2n) is 19.3. The van der Waals surface area contributed by atoms with Crippen molar-refractivity contribution in [2.45, 2.75) is 26.2 Å². The summed E-state index contributed by atoms with van der Waals surface area (Å²) in [6, 6.07) is 66.8. The fourth-order valence-electron chi connectivity index (χ4n) is 10.4. The Morgan fingerprint density at radius 3 is 1.20 bits per heavy atom. The van der Waals surface area contributed by atoms with Crippen molar-refractivity contribution in [3.8, 4) is 102 Å². The van der Waals surface area contributed by atoms with Crippen molar-refractivity contribution < 1.29 is 26.3 Å². The van der Waals surface area contributed by atoms with E-state index in [9.17, 15) is 31.6 Å². The van der Waals surface area contributed by atoms with Gasteiger partial charge in [-0.25, -0.2) is 19.9 Å². The van der Waals surface area contributed by atoms with Crippen LogP contribution in [-0.2, 0) is 12.4 Å². The smallest absolute Gasteiger partial charge is 0.308 e. The summed E-state index contributed by atoms with van der Waals surface area (Å²) in [5, 5.41) is 12.2. The summed E-state index contributed by atoms with van der Waals surface area (Å²) in [7, 11) is 0. The van der Waals surface area contributed by atoms with Gasteiger partial charge in [-0.2, -0.15) is 31.6 Å². The number of rotatable bonds is 9. The highest BCUT2D eigenvalue weighted by Crippen LogP contribution is 2.46. The molecule has 0 saturated heterocycles. The van der Waals surface area contributed by atoms with Gasteiger partial charge in [0.15, 0.2) is 11.6 Å². The van der Waals surface area contributed by atoms with Gasteiger partial charge in [0.05, 0.1) is 62.3 Å². The molecule has 0 aliphatic rings. The van der Waals surface area contributed by atoms with Crippen molar-refractivity contribution >= 4 is 21.8 Å². The molecule has 6 nitrogen and oxygen atoms in total. The Bertz CT molecular complexity index is 4090. The molecular formula is C67H42F6N6. The molecule has 3 aromatic heterocycles. The van der Waals surface area contributed by atoms with E-state index in [0.29, 0.717) is 83.6 Å². The SMILES string of the molecule is Cc1ccc(-c2ccc3c(c2)c2cc(-c4ccc(C(F)(F)F)cc4C)ccc2n3-c2c(-c3nc(-c4ccccc4)cc(-c4ccccc4)n3)cc(C#N)cc2-c2nc(-c3ccccc3)cc(-c3ccccc3)n2)c(C(F)(F)F)c1. The third-order valence-corrected chi connectivity index (χ3v) is 14.1. The number of nitriles is 1. The number of hydrogen-bond donors (Lipinski definition) is 0. The Labute approximate surface area is 450 Å². The van der Waals surface area contributed by atoms with Crippen molar-refractivity contribution in [1.82, 2.24) is 24.5 Å². The van der Waals surface area contributed by atoms with Crippen LogP contribution in [0.5, 0.6) is 0 Å². The zero-order valence-electron chi connectivity index (χ0n) is 42.2. The lowest BCUT2D eigenvalue weighted by atomic mass is 9.95. The number of aryl methyl sites for hydroxylation is 2. The standard InChI is InChI=1S/C67H42F6N6/c1-40-23-27-51(56(31-40)67(71,72)73)48-25-30-62-53(36-48)52-35-47(50-28-26-49(32-41(50)2)66(68,69)70)24-29-61(52)79(62)63-54(64-75-57(43-15-7-3-8-16-43)37-58(76-64)44-17-9-4-10-18-44)33-42(39-74)34-55(63)65-77-59(45-19-11-5-12-20-45)38-60(78-65)46-21-13-6-14-22-46/h3-38H,1-2H3. The highest BCUT2D eigenvalue weighted by atomic mass is 19.4. The van der Waals surface area contributed by atoms with Crippen molar-refractivity contribution in [3.05, 3.63) is 246 Å². The summed E-state index contributed by atoms with van der Waals surface area (Å²) in [6.45, 7) is 3.22. The van der Waals surface area contributed by atoms with Crippen LogP contribution >= 0.6 is 0 Å². The highest BCUT2D eigenvalue weighted by Gasteiger charge is 2.35. The van der Waals surface area contributed by atoms with E-state index in [1.807, 2.05) is 156 Å². The van der Waals surface area contributed by atoms with E-state index in [0.717, 1.165) is 40.5 Å². The average Bonchev–Trinajstić information content (AvgIpc) is 3.99. The molecule has 12 aromatic rings. The molecule has 0 bridgehead atoms. The summed E-state index contributed by atoms with van der Waals surface area (Å²) < 4.78 is 89.0. The Balaban J connectivity index is 1.23. The van der Waals surface area contributed by atoms with E-state index in [2.05, 4.69) is 6.07 Å². The molecule has 0 N–H and O–H groups in total. The van der Waals surface area contributed by atoms with E-state index < -0.39 is 23.5 Å². The van der Waals surface area contributed by atoms with Gasteiger partial charge in [-0.15, -0.1) is 0 Å². The molecule has 0 atom stereocenters. The molecule has 12 rings (SSSR count). The second kappa shape index (κ2) is 19.9. The van der Waals surface area contributed by atoms with E-state index >= 15 is 0 Å². The third-order valence-electron chi connectivity index (χ3n) is 14.1. The van der Waals surface area contributed by atoms with E-state index in [-0.39, 0.29) is 28.3 Å². The maximum Gasteiger partial charge on any atom is 0.417 e. The van der Waals surface area contributed by atoms with E-state index in [1.54, 1.807) is 50.2 Å². The van der Waals surface area contributed by atoms with Gasteiger partial charge in [-0.05, 0) is 108 Å². The molecule has 0 aliphatic heterocycles. The van der Waals surface area contributed by atoms with Crippen LogP contribution in [0.15, 0.2) is 218 Å². The van der Waals surface area contributed by atoms with Crippen molar-refractivity contribution in [2.75, 3.05) is 0 Å². The molecule has 0 aliphatic carbocycles. The molecule has 382 valence electrons. The first-order valence-electron chi connectivity index (χ1n) is 25.2. The normalized spacial score (nSPS) is 11.8. The lowest BCUT2D eigenvalue weighted by Crippen LogP contribution is -2.07. The lowest BCUT2D eigenvalue weighted by Gasteiger charge is -2.20. The quantitative estimate of drug-likeness (QED) is 0.135. The Morgan fingerprint density at radius 2 is 0.810 bits per heavy atom. The lowest BCUT2D eigenvalue weighted by molar-refractivity contribution is -0.138. The molecule has 3 heterocycles. The first kappa shape index (κ1) is 49.9. The van der Waals surface area contributed by atoms with Gasteiger partial charge >= 0.3 is 12.4 Å². The van der Waals surface area contributed by atoms with Crippen LogP contribution in [0.3, 0.4) is 0 Å². The summed E-state index contributed by atoms with van der Waals surface area (Å²) in [4.78, 5) is 21.2. The van der Waals surface area contributed by atoms with Crippen LogP contribution in [0.1, 0.15) is 27.8 Å². The maximum atomic E-state index is 15.0. The Morgan fingerprint density at radius 1 is 0.392 bits per heavy atom. The van der Waals surface area contributed by atoms with Gasteiger partial charge in [0.2, 0.25) is 0 Å². The molecular weight excluding hydrogens is 1000 g/mol. The molecule has 0 spiro atoms. The number of alkyl halides is 6. The predicted octanol–water partition coefficient (Wildman–Crippen LogP) is 18.2. The van der Waals surface area contributed by atoms with Crippen LogP contribution in [0, 0.1) is 25.2 Å². The predicted molar refractivity (Wildman–Crippen MR) is 300 cm³/mol. The van der Waals surface area contributed by atoms with Crippen LogP contribution < -0.4 is 0 Å². The molecule has 0 unspecified atom stereocenters. The molecule has 0 saturated carbocycles. The molecule has 79 heavy (non-hydrogen) atoms. The summed E-state index contributed by atoms with van der Waals surface area (Å²) in [5.74, 6) is 0.489. The molecule has 0 fully saturated rings. The fourth-order valence-corrected chi connectivity index (χ4v) is 10.4. The first-order chi connectivity index (χ1) is 38.2. The van der Waals surface area contributed by atoms with E-state index in [4.69, 9.17) is 19.9 Å². The number of hydrogen-bond acceptors (Lipinski definition) is 5. The molecule has 9 aromatic carbocycles. The number of halogens is 6. The summed E-state index contributed by atoms with van der Waals surface area (Å²) >= 11 is 0. The summed E-state index contributed by atoms with van der Waals surface area (Å²) in [5.41, 5.74) is 8.76. The summed E-state index contributed by atoms with van der Waals surface area (Å²) in [6.07, 6.45) is -9.26. The van der Waals surface area contributed by atoms with Crippen LogP contribution in [0.4, 0.5) is 26.3 Å². The largest absolute Gasteiger partial charge is 0.417 e. The zero-order valence-corrected chi connectivity index (χ0v) is 42.2. The minimum atomic E-state index is -4.69. The minimum absolute atomic E-state index is 0.0328. The van der Waals surface area contributed by atoms with Crippen LogP contribution in [0.2, 0.25) is 0 Å². The van der Waals surface area contributed by atoms with Gasteiger partial charge < -0.3 is 4.57 Å². The maximum absolute atomic E-state index is 15.0. The van der Waals surface area contributed by atoms with Crippen molar-refractivity contribution in [1.29, 1.82) is 5.26 Å². The average molecular weight is 1050 g/mol. The van der Waals surface area contributed by atoms with E-state index in [1.165, 1.54) is 12.1 Å². The van der Waals surface area contributed by atoms with Gasteiger partial charge in [0.25, 0.3) is 0 Å². The van der Waals surface area contributed by atoms with Gasteiger partial charge in [-0.3, -0.25) is 0 Å².